The third-order valence-corrected chi connectivity index (χ3v) is 6.28. The van der Waals surface area contributed by atoms with Crippen LogP contribution in [-0.2, 0) is 7.05 Å². The molecule has 0 aliphatic carbocycles. The van der Waals surface area contributed by atoms with Crippen molar-refractivity contribution in [1.82, 2.24) is 29.5 Å². The second-order valence-electron chi connectivity index (χ2n) is 6.63. The van der Waals surface area contributed by atoms with Crippen molar-refractivity contribution in [2.24, 2.45) is 7.05 Å². The number of aromatic nitrogens is 6. The van der Waals surface area contributed by atoms with Gasteiger partial charge in [-0.15, -0.1) is 16.4 Å². The molecule has 0 spiro atoms. The molecule has 5 rings (SSSR count). The van der Waals surface area contributed by atoms with E-state index in [-0.39, 0.29) is 16.5 Å². The number of hydrogen-bond acceptors (Lipinski definition) is 7. The number of benzene rings is 1. The molecule has 12 heteroatoms. The molecule has 0 saturated heterocycles. The highest BCUT2D eigenvalue weighted by molar-refractivity contribution is 7.22. The number of H-pyrrole nitrogens is 1. The molecule has 4 aromatic heterocycles. The van der Waals surface area contributed by atoms with Gasteiger partial charge in [0.15, 0.2) is 11.6 Å². The van der Waals surface area contributed by atoms with E-state index < -0.39 is 17.1 Å². The molecule has 0 saturated carbocycles. The lowest BCUT2D eigenvalue weighted by molar-refractivity contribution is 0.387. The number of thiophene rings is 1. The van der Waals surface area contributed by atoms with Crippen LogP contribution in [-0.4, -0.2) is 36.6 Å². The number of methoxy groups -OCH3 is 1. The van der Waals surface area contributed by atoms with E-state index in [1.54, 1.807) is 13.1 Å². The van der Waals surface area contributed by atoms with Crippen molar-refractivity contribution < 1.29 is 9.13 Å². The Morgan fingerprint density at radius 1 is 1.23 bits per heavy atom. The van der Waals surface area contributed by atoms with E-state index in [0.29, 0.717) is 31.7 Å². The number of aryl methyl sites for hydroxylation is 1. The van der Waals surface area contributed by atoms with Crippen molar-refractivity contribution in [3.63, 3.8) is 0 Å². The number of nitrogens with zero attached hydrogens (tertiary/aromatic N) is 5. The van der Waals surface area contributed by atoms with Crippen molar-refractivity contribution in [1.29, 1.82) is 0 Å². The molecule has 31 heavy (non-hydrogen) atoms. The summed E-state index contributed by atoms with van der Waals surface area (Å²) < 4.78 is 21.7. The molecule has 9 nitrogen and oxygen atoms in total. The lowest BCUT2D eigenvalue weighted by Gasteiger charge is -2.06. The SMILES string of the molecule is COc1cc(-c2cc3[nH]c(=O)n(-c4cncc5nnn(C)c45)c(=O)c3s2)c(Cl)cc1F. The molecular formula is C19H12ClFN6O3S. The molecule has 0 aliphatic rings. The summed E-state index contributed by atoms with van der Waals surface area (Å²) >= 11 is 7.34. The molecule has 0 radical (unpaired) electrons. The Morgan fingerprint density at radius 3 is 2.81 bits per heavy atom. The maximum Gasteiger partial charge on any atom is 0.333 e. The summed E-state index contributed by atoms with van der Waals surface area (Å²) in [5.41, 5.74) is 0.848. The number of ether oxygens (including phenoxy) is 1. The smallest absolute Gasteiger partial charge is 0.333 e. The first-order valence-electron chi connectivity index (χ1n) is 8.85. The van der Waals surface area contributed by atoms with Crippen LogP contribution in [0.25, 0.3) is 37.4 Å². The topological polar surface area (TPSA) is 108 Å². The number of aromatic amines is 1. The Labute approximate surface area is 181 Å². The second kappa shape index (κ2) is 7.00. The lowest BCUT2D eigenvalue weighted by atomic mass is 10.1. The average molecular weight is 459 g/mol. The van der Waals surface area contributed by atoms with Crippen LogP contribution >= 0.6 is 22.9 Å². The van der Waals surface area contributed by atoms with Crippen LogP contribution in [0.2, 0.25) is 5.02 Å². The molecule has 1 aromatic carbocycles. The van der Waals surface area contributed by atoms with E-state index in [0.717, 1.165) is 22.0 Å². The van der Waals surface area contributed by atoms with Crippen LogP contribution in [0.1, 0.15) is 0 Å². The van der Waals surface area contributed by atoms with Gasteiger partial charge in [0, 0.05) is 17.5 Å². The van der Waals surface area contributed by atoms with E-state index in [9.17, 15) is 14.0 Å². The Morgan fingerprint density at radius 2 is 2.03 bits per heavy atom. The molecule has 156 valence electrons. The van der Waals surface area contributed by atoms with E-state index in [2.05, 4.69) is 20.3 Å². The second-order valence-corrected chi connectivity index (χ2v) is 8.09. The Balaban J connectivity index is 1.78. The summed E-state index contributed by atoms with van der Waals surface area (Å²) in [5, 5.41) is 8.05. The van der Waals surface area contributed by atoms with Crippen LogP contribution in [0.3, 0.4) is 0 Å². The molecule has 0 atom stereocenters. The molecule has 0 bridgehead atoms. The van der Waals surface area contributed by atoms with Gasteiger partial charge in [-0.2, -0.15) is 0 Å². The summed E-state index contributed by atoms with van der Waals surface area (Å²) in [6, 6.07) is 4.21. The molecule has 0 fully saturated rings. The third kappa shape index (κ3) is 2.93. The number of fused-ring (bicyclic) bond motifs is 2. The number of halogens is 2. The highest BCUT2D eigenvalue weighted by Crippen LogP contribution is 2.38. The first-order chi connectivity index (χ1) is 14.9. The highest BCUT2D eigenvalue weighted by atomic mass is 35.5. The zero-order valence-electron chi connectivity index (χ0n) is 16.0. The summed E-state index contributed by atoms with van der Waals surface area (Å²) in [6.07, 6.45) is 2.90. The largest absolute Gasteiger partial charge is 0.494 e. The minimum Gasteiger partial charge on any atom is -0.494 e. The van der Waals surface area contributed by atoms with Gasteiger partial charge in [-0.05, 0) is 18.2 Å². The molecular weight excluding hydrogens is 447 g/mol. The van der Waals surface area contributed by atoms with Gasteiger partial charge in [0.05, 0.1) is 35.7 Å². The van der Waals surface area contributed by atoms with Crippen molar-refractivity contribution in [3.8, 4) is 21.9 Å². The molecule has 5 aromatic rings. The van der Waals surface area contributed by atoms with Crippen molar-refractivity contribution in [2.75, 3.05) is 7.11 Å². The fraction of sp³-hybridized carbons (Fsp3) is 0.105. The number of hydrogen-bond donors (Lipinski definition) is 1. The van der Waals surface area contributed by atoms with Gasteiger partial charge in [-0.25, -0.2) is 18.4 Å². The number of pyridine rings is 1. The van der Waals surface area contributed by atoms with Gasteiger partial charge in [0.1, 0.15) is 15.7 Å². The van der Waals surface area contributed by atoms with Crippen LogP contribution in [0.15, 0.2) is 40.2 Å². The van der Waals surface area contributed by atoms with Gasteiger partial charge in [0.25, 0.3) is 5.56 Å². The highest BCUT2D eigenvalue weighted by Gasteiger charge is 2.19. The fourth-order valence-electron chi connectivity index (χ4n) is 3.39. The normalized spacial score (nSPS) is 11.5. The van der Waals surface area contributed by atoms with Crippen LogP contribution in [0, 0.1) is 5.82 Å². The van der Waals surface area contributed by atoms with Gasteiger partial charge < -0.3 is 9.72 Å². The molecule has 1 N–H and O–H groups in total. The van der Waals surface area contributed by atoms with Gasteiger partial charge in [-0.1, -0.05) is 16.8 Å². The Bertz CT molecular complexity index is 1620. The number of rotatable bonds is 3. The standard InChI is InChI=1S/C19H12ClFN6O3S/c1-26-16-12(24-25-26)6-22-7-13(16)27-18(28)17-11(23-19(27)29)5-15(31-17)8-3-14(30-2)10(21)4-9(8)20/h3-7H,1-2H3,(H,23,29). The predicted molar refractivity (Wildman–Crippen MR) is 115 cm³/mol. The number of nitrogens with one attached hydrogen (secondary N) is 1. The zero-order valence-corrected chi connectivity index (χ0v) is 17.6. The van der Waals surface area contributed by atoms with Gasteiger partial charge in [-0.3, -0.25) is 9.78 Å². The maximum absolute atomic E-state index is 13.9. The van der Waals surface area contributed by atoms with Crippen LogP contribution in [0.5, 0.6) is 5.75 Å². The van der Waals surface area contributed by atoms with Crippen LogP contribution in [0.4, 0.5) is 4.39 Å². The monoisotopic (exact) mass is 458 g/mol. The Kier molecular flexibility index (Phi) is 4.38. The zero-order chi connectivity index (χ0) is 21.9. The molecule has 4 heterocycles. The first kappa shape index (κ1) is 19.4. The summed E-state index contributed by atoms with van der Waals surface area (Å²) in [5.74, 6) is -0.581. The van der Waals surface area contributed by atoms with E-state index in [4.69, 9.17) is 16.3 Å². The van der Waals surface area contributed by atoms with E-state index in [1.165, 1.54) is 30.3 Å². The summed E-state index contributed by atoms with van der Waals surface area (Å²) in [4.78, 5) is 33.5. The quantitative estimate of drug-likeness (QED) is 0.445. The van der Waals surface area contributed by atoms with Crippen molar-refractivity contribution in [2.45, 2.75) is 0 Å². The van der Waals surface area contributed by atoms with Gasteiger partial charge in [0.2, 0.25) is 0 Å². The molecule has 0 amide bonds. The van der Waals surface area contributed by atoms with Crippen molar-refractivity contribution in [3.05, 3.63) is 62.3 Å². The predicted octanol–water partition coefficient (Wildman–Crippen LogP) is 2.89. The summed E-state index contributed by atoms with van der Waals surface area (Å²) in [7, 11) is 3.00. The summed E-state index contributed by atoms with van der Waals surface area (Å²) in [6.45, 7) is 0. The fourth-order valence-corrected chi connectivity index (χ4v) is 4.78. The molecule has 0 unspecified atom stereocenters. The minimum atomic E-state index is -0.639. The maximum atomic E-state index is 13.9. The van der Waals surface area contributed by atoms with Gasteiger partial charge >= 0.3 is 5.69 Å². The van der Waals surface area contributed by atoms with Crippen LogP contribution < -0.4 is 16.0 Å². The molecule has 0 aliphatic heterocycles. The third-order valence-electron chi connectivity index (χ3n) is 4.81. The van der Waals surface area contributed by atoms with E-state index in [1.807, 2.05) is 0 Å². The van der Waals surface area contributed by atoms with E-state index >= 15 is 0 Å². The lowest BCUT2D eigenvalue weighted by Crippen LogP contribution is -2.33. The average Bonchev–Trinajstić information content (AvgIpc) is 3.32. The first-order valence-corrected chi connectivity index (χ1v) is 10.0. The van der Waals surface area contributed by atoms with Crippen molar-refractivity contribution >= 4 is 44.2 Å². The Hall–Kier alpha value is -3.57. The minimum absolute atomic E-state index is 0.0178.